The number of anilines is 1. The summed E-state index contributed by atoms with van der Waals surface area (Å²) in [5.41, 5.74) is 3.82. The van der Waals surface area contributed by atoms with Crippen LogP contribution in [-0.4, -0.2) is 46.0 Å². The standard InChI is InChI=1S/C28H32N4O4/c1-17-13-19(16-29)14-22-24(17)36-26(31-22)20-5-7-21(8-6-20)30-23(33)15-18-9-11-32(12-10-18)25(27(34)35)28(2,3)4/h5-8,13-14,18,25H,9-12,15H2,1-4H3,(H,30,33)(H,34,35). The molecule has 1 atom stereocenters. The zero-order chi connectivity index (χ0) is 26.0. The molecular formula is C28H32N4O4. The van der Waals surface area contributed by atoms with E-state index in [1.54, 1.807) is 12.1 Å². The van der Waals surface area contributed by atoms with Crippen LogP contribution in [0, 0.1) is 29.6 Å². The topological polar surface area (TPSA) is 119 Å². The van der Waals surface area contributed by atoms with Crippen molar-refractivity contribution in [2.75, 3.05) is 18.4 Å². The minimum atomic E-state index is -0.790. The number of fused-ring (bicyclic) bond motifs is 1. The molecule has 1 unspecified atom stereocenters. The number of benzene rings is 2. The SMILES string of the molecule is Cc1cc(C#N)cc2nc(-c3ccc(NC(=O)CC4CCN(C(C(=O)O)C(C)(C)C)CC4)cc3)oc12. The number of likely N-dealkylation sites (tertiary alicyclic amines) is 1. The minimum absolute atomic E-state index is 0.0478. The van der Waals surface area contributed by atoms with Gasteiger partial charge in [-0.2, -0.15) is 5.26 Å². The van der Waals surface area contributed by atoms with Crippen molar-refractivity contribution in [1.29, 1.82) is 5.26 Å². The lowest BCUT2D eigenvalue weighted by atomic mass is 9.83. The van der Waals surface area contributed by atoms with Gasteiger partial charge in [0.15, 0.2) is 5.58 Å². The molecule has 0 saturated carbocycles. The number of carboxylic acid groups (broad SMARTS) is 1. The predicted octanol–water partition coefficient (Wildman–Crippen LogP) is 5.21. The molecular weight excluding hydrogens is 456 g/mol. The lowest BCUT2D eigenvalue weighted by molar-refractivity contribution is -0.148. The van der Waals surface area contributed by atoms with Crippen LogP contribution in [0.4, 0.5) is 5.69 Å². The number of oxazole rings is 1. The summed E-state index contributed by atoms with van der Waals surface area (Å²) in [6.45, 7) is 9.10. The summed E-state index contributed by atoms with van der Waals surface area (Å²) < 4.78 is 5.92. The Morgan fingerprint density at radius 2 is 1.89 bits per heavy atom. The summed E-state index contributed by atoms with van der Waals surface area (Å²) in [6, 6.07) is 12.4. The molecule has 36 heavy (non-hydrogen) atoms. The maximum Gasteiger partial charge on any atom is 0.321 e. The number of piperidine rings is 1. The van der Waals surface area contributed by atoms with Gasteiger partial charge in [-0.1, -0.05) is 20.8 Å². The lowest BCUT2D eigenvalue weighted by Gasteiger charge is -2.41. The molecule has 0 radical (unpaired) electrons. The van der Waals surface area contributed by atoms with E-state index in [0.717, 1.165) is 24.0 Å². The van der Waals surface area contributed by atoms with Crippen LogP contribution >= 0.6 is 0 Å². The Labute approximate surface area is 210 Å². The van der Waals surface area contributed by atoms with E-state index in [-0.39, 0.29) is 17.2 Å². The molecule has 1 saturated heterocycles. The van der Waals surface area contributed by atoms with Crippen molar-refractivity contribution in [3.8, 4) is 17.5 Å². The molecule has 0 spiro atoms. The van der Waals surface area contributed by atoms with E-state index in [0.29, 0.717) is 47.8 Å². The highest BCUT2D eigenvalue weighted by atomic mass is 16.4. The van der Waals surface area contributed by atoms with Crippen molar-refractivity contribution in [3.05, 3.63) is 47.5 Å². The number of aryl methyl sites for hydroxylation is 1. The molecule has 8 heteroatoms. The van der Waals surface area contributed by atoms with Gasteiger partial charge >= 0.3 is 5.97 Å². The number of rotatable bonds is 6. The van der Waals surface area contributed by atoms with E-state index in [9.17, 15) is 14.7 Å². The summed E-state index contributed by atoms with van der Waals surface area (Å²) in [4.78, 5) is 31.0. The Balaban J connectivity index is 1.34. The fourth-order valence-electron chi connectivity index (χ4n) is 5.05. The molecule has 1 fully saturated rings. The Bertz CT molecular complexity index is 1310. The van der Waals surface area contributed by atoms with Crippen LogP contribution in [-0.2, 0) is 9.59 Å². The summed E-state index contributed by atoms with van der Waals surface area (Å²) in [7, 11) is 0. The van der Waals surface area contributed by atoms with E-state index in [4.69, 9.17) is 9.68 Å². The van der Waals surface area contributed by atoms with Gasteiger partial charge in [-0.15, -0.1) is 0 Å². The van der Waals surface area contributed by atoms with Crippen molar-refractivity contribution in [3.63, 3.8) is 0 Å². The van der Waals surface area contributed by atoms with Gasteiger partial charge in [0.25, 0.3) is 0 Å². The number of hydrogen-bond acceptors (Lipinski definition) is 6. The molecule has 188 valence electrons. The van der Waals surface area contributed by atoms with Crippen molar-refractivity contribution < 1.29 is 19.1 Å². The van der Waals surface area contributed by atoms with Gasteiger partial charge in [0.1, 0.15) is 11.6 Å². The summed E-state index contributed by atoms with van der Waals surface area (Å²) in [5.74, 6) is -0.144. The molecule has 2 N–H and O–H groups in total. The molecule has 1 aliphatic rings. The van der Waals surface area contributed by atoms with Gasteiger partial charge in [0.05, 0.1) is 11.6 Å². The smallest absolute Gasteiger partial charge is 0.321 e. The van der Waals surface area contributed by atoms with Crippen LogP contribution in [0.5, 0.6) is 0 Å². The van der Waals surface area contributed by atoms with Crippen molar-refractivity contribution >= 4 is 28.7 Å². The maximum absolute atomic E-state index is 12.7. The Morgan fingerprint density at radius 1 is 1.22 bits per heavy atom. The van der Waals surface area contributed by atoms with Gasteiger partial charge in [0, 0.05) is 17.7 Å². The van der Waals surface area contributed by atoms with Gasteiger partial charge in [-0.25, -0.2) is 4.98 Å². The predicted molar refractivity (Wildman–Crippen MR) is 137 cm³/mol. The third-order valence-corrected chi connectivity index (χ3v) is 6.76. The second-order valence-corrected chi connectivity index (χ2v) is 10.7. The van der Waals surface area contributed by atoms with Crippen molar-refractivity contribution in [2.45, 2.75) is 53.0 Å². The number of carbonyl (C=O) groups excluding carboxylic acids is 1. The van der Waals surface area contributed by atoms with Gasteiger partial charge in [0.2, 0.25) is 11.8 Å². The van der Waals surface area contributed by atoms with Crippen LogP contribution in [0.25, 0.3) is 22.6 Å². The average Bonchev–Trinajstić information content (AvgIpc) is 3.24. The van der Waals surface area contributed by atoms with Crippen molar-refractivity contribution in [2.24, 2.45) is 11.3 Å². The number of carboxylic acids is 1. The largest absolute Gasteiger partial charge is 0.480 e. The summed E-state index contributed by atoms with van der Waals surface area (Å²) in [6.07, 6.45) is 2.02. The monoisotopic (exact) mass is 488 g/mol. The van der Waals surface area contributed by atoms with Crippen LogP contribution < -0.4 is 5.32 Å². The molecule has 3 aromatic rings. The van der Waals surface area contributed by atoms with E-state index in [1.807, 2.05) is 56.9 Å². The Kier molecular flexibility index (Phi) is 7.14. The Hall–Kier alpha value is -3.70. The van der Waals surface area contributed by atoms with Crippen LogP contribution in [0.1, 0.15) is 51.2 Å². The number of carbonyl (C=O) groups is 2. The van der Waals surface area contributed by atoms with E-state index in [1.165, 1.54) is 0 Å². The molecule has 1 aromatic heterocycles. The normalized spacial score (nSPS) is 16.0. The highest BCUT2D eigenvalue weighted by molar-refractivity contribution is 5.91. The van der Waals surface area contributed by atoms with Gasteiger partial charge in [-0.3, -0.25) is 14.5 Å². The highest BCUT2D eigenvalue weighted by Gasteiger charge is 2.38. The third kappa shape index (κ3) is 5.58. The lowest BCUT2D eigenvalue weighted by Crippen LogP contribution is -2.52. The number of nitriles is 1. The summed E-state index contributed by atoms with van der Waals surface area (Å²) >= 11 is 0. The fraction of sp³-hybridized carbons (Fsp3) is 0.429. The zero-order valence-electron chi connectivity index (χ0n) is 21.2. The van der Waals surface area contributed by atoms with Gasteiger partial charge in [-0.05, 0) is 86.1 Å². The molecule has 1 amide bonds. The van der Waals surface area contributed by atoms with E-state index >= 15 is 0 Å². The van der Waals surface area contributed by atoms with Crippen LogP contribution in [0.2, 0.25) is 0 Å². The zero-order valence-corrected chi connectivity index (χ0v) is 21.2. The number of nitrogens with one attached hydrogen (secondary N) is 1. The first-order valence-electron chi connectivity index (χ1n) is 12.2. The first kappa shape index (κ1) is 25.4. The van der Waals surface area contributed by atoms with Crippen molar-refractivity contribution in [1.82, 2.24) is 9.88 Å². The molecule has 0 bridgehead atoms. The number of aromatic nitrogens is 1. The second-order valence-electron chi connectivity index (χ2n) is 10.7. The number of aliphatic carboxylic acids is 1. The maximum atomic E-state index is 12.7. The first-order chi connectivity index (χ1) is 17.0. The highest BCUT2D eigenvalue weighted by Crippen LogP contribution is 2.31. The molecule has 2 aromatic carbocycles. The minimum Gasteiger partial charge on any atom is -0.480 e. The van der Waals surface area contributed by atoms with E-state index < -0.39 is 12.0 Å². The Morgan fingerprint density at radius 3 is 2.47 bits per heavy atom. The molecule has 2 heterocycles. The number of amides is 1. The molecule has 1 aliphatic heterocycles. The quantitative estimate of drug-likeness (QED) is 0.488. The first-order valence-corrected chi connectivity index (χ1v) is 12.2. The second kappa shape index (κ2) is 10.1. The number of hydrogen-bond donors (Lipinski definition) is 2. The molecule has 4 rings (SSSR count). The molecule has 8 nitrogen and oxygen atoms in total. The number of nitrogens with zero attached hydrogens (tertiary/aromatic N) is 3. The molecule has 0 aliphatic carbocycles. The fourth-order valence-corrected chi connectivity index (χ4v) is 5.05. The third-order valence-electron chi connectivity index (χ3n) is 6.76. The van der Waals surface area contributed by atoms with E-state index in [2.05, 4.69) is 16.4 Å². The van der Waals surface area contributed by atoms with Crippen LogP contribution in [0.15, 0.2) is 40.8 Å². The summed E-state index contributed by atoms with van der Waals surface area (Å²) in [5, 5.41) is 21.8. The van der Waals surface area contributed by atoms with Gasteiger partial charge < -0.3 is 14.8 Å². The van der Waals surface area contributed by atoms with Crippen LogP contribution in [0.3, 0.4) is 0 Å². The average molecular weight is 489 g/mol.